The molecule has 0 radical (unpaired) electrons. The lowest BCUT2D eigenvalue weighted by molar-refractivity contribution is 0.0966. The molecule has 0 fully saturated rings. The highest BCUT2D eigenvalue weighted by atomic mass is 16.1. The fourth-order valence-electron chi connectivity index (χ4n) is 2.38. The van der Waals surface area contributed by atoms with Crippen LogP contribution in [0.4, 0.5) is 0 Å². The molecule has 0 unspecified atom stereocenters. The Morgan fingerprint density at radius 2 is 1.42 bits per heavy atom. The molecule has 2 aromatic carbocycles. The summed E-state index contributed by atoms with van der Waals surface area (Å²) in [5.41, 5.74) is 2.06. The molecule has 0 aliphatic rings. The molecular formula is C18H20O. The summed E-state index contributed by atoms with van der Waals surface area (Å²) in [4.78, 5) is 12.3. The van der Waals surface area contributed by atoms with Gasteiger partial charge < -0.3 is 0 Å². The second-order valence-electron chi connectivity index (χ2n) is 5.25. The van der Waals surface area contributed by atoms with Gasteiger partial charge >= 0.3 is 0 Å². The van der Waals surface area contributed by atoms with Crippen LogP contribution in [-0.2, 0) is 0 Å². The molecule has 0 bridgehead atoms. The Kier molecular flexibility index (Phi) is 4.51. The summed E-state index contributed by atoms with van der Waals surface area (Å²) in [6.45, 7) is 4.35. The van der Waals surface area contributed by atoms with Gasteiger partial charge in [-0.2, -0.15) is 0 Å². The average molecular weight is 252 g/mol. The van der Waals surface area contributed by atoms with E-state index in [1.807, 2.05) is 48.5 Å². The maximum Gasteiger partial charge on any atom is 0.163 e. The lowest BCUT2D eigenvalue weighted by atomic mass is 9.83. The first kappa shape index (κ1) is 13.5. The van der Waals surface area contributed by atoms with Gasteiger partial charge in [0.1, 0.15) is 0 Å². The van der Waals surface area contributed by atoms with Gasteiger partial charge in [0.25, 0.3) is 0 Å². The van der Waals surface area contributed by atoms with E-state index in [4.69, 9.17) is 0 Å². The van der Waals surface area contributed by atoms with Gasteiger partial charge in [-0.25, -0.2) is 0 Å². The largest absolute Gasteiger partial charge is 0.294 e. The van der Waals surface area contributed by atoms with Gasteiger partial charge in [0, 0.05) is 12.0 Å². The summed E-state index contributed by atoms with van der Waals surface area (Å²) in [6, 6.07) is 19.9. The number of rotatable bonds is 5. The molecule has 0 saturated heterocycles. The molecule has 0 N–H and O–H groups in total. The minimum absolute atomic E-state index is 0.225. The zero-order chi connectivity index (χ0) is 13.7. The maximum absolute atomic E-state index is 12.3. The highest BCUT2D eigenvalue weighted by Gasteiger charge is 2.20. The van der Waals surface area contributed by atoms with Crippen LogP contribution in [0.15, 0.2) is 60.7 Å². The average Bonchev–Trinajstić information content (AvgIpc) is 2.46. The zero-order valence-electron chi connectivity index (χ0n) is 11.5. The molecule has 0 heterocycles. The summed E-state index contributed by atoms with van der Waals surface area (Å²) < 4.78 is 0. The number of Topliss-reactive ketones (excluding diaryl/α,β-unsaturated/α-hetero) is 1. The Morgan fingerprint density at radius 3 is 1.95 bits per heavy atom. The SMILES string of the molecule is CC(C)[C@@H](CC(=O)c1ccccc1)c1ccccc1. The number of carbonyl (C=O) groups excluding carboxylic acids is 1. The van der Waals surface area contributed by atoms with Crippen LogP contribution in [-0.4, -0.2) is 5.78 Å². The van der Waals surface area contributed by atoms with Crippen molar-refractivity contribution in [1.82, 2.24) is 0 Å². The van der Waals surface area contributed by atoms with Crippen LogP contribution in [0.5, 0.6) is 0 Å². The van der Waals surface area contributed by atoms with E-state index >= 15 is 0 Å². The molecule has 0 aliphatic heterocycles. The van der Waals surface area contributed by atoms with Gasteiger partial charge in [-0.1, -0.05) is 74.5 Å². The van der Waals surface area contributed by atoms with Crippen molar-refractivity contribution in [3.05, 3.63) is 71.8 Å². The highest BCUT2D eigenvalue weighted by Crippen LogP contribution is 2.29. The van der Waals surface area contributed by atoms with Crippen molar-refractivity contribution in [2.75, 3.05) is 0 Å². The molecule has 98 valence electrons. The first-order valence-corrected chi connectivity index (χ1v) is 6.81. The molecule has 2 rings (SSSR count). The quantitative estimate of drug-likeness (QED) is 0.705. The summed E-state index contributed by atoms with van der Waals surface area (Å²) in [5.74, 6) is 0.965. The normalized spacial score (nSPS) is 12.4. The van der Waals surface area contributed by atoms with Crippen LogP contribution in [0.25, 0.3) is 0 Å². The van der Waals surface area contributed by atoms with E-state index in [0.717, 1.165) is 5.56 Å². The summed E-state index contributed by atoms with van der Waals surface area (Å²) in [5, 5.41) is 0. The first-order valence-electron chi connectivity index (χ1n) is 6.81. The van der Waals surface area contributed by atoms with E-state index in [-0.39, 0.29) is 11.7 Å². The number of hydrogen-bond donors (Lipinski definition) is 0. The number of carbonyl (C=O) groups is 1. The van der Waals surface area contributed by atoms with Crippen LogP contribution in [0.3, 0.4) is 0 Å². The van der Waals surface area contributed by atoms with Crippen LogP contribution in [0.2, 0.25) is 0 Å². The predicted octanol–water partition coefficient (Wildman–Crippen LogP) is 4.70. The third kappa shape index (κ3) is 3.54. The summed E-state index contributed by atoms with van der Waals surface area (Å²) in [7, 11) is 0. The topological polar surface area (TPSA) is 17.1 Å². The first-order chi connectivity index (χ1) is 9.18. The van der Waals surface area contributed by atoms with Crippen LogP contribution < -0.4 is 0 Å². The predicted molar refractivity (Wildman–Crippen MR) is 79.4 cm³/mol. The molecule has 0 aliphatic carbocycles. The second-order valence-corrected chi connectivity index (χ2v) is 5.25. The minimum Gasteiger partial charge on any atom is -0.294 e. The molecule has 0 spiro atoms. The van der Waals surface area contributed by atoms with Crippen molar-refractivity contribution in [2.24, 2.45) is 5.92 Å². The Bertz CT molecular complexity index is 514. The number of hydrogen-bond acceptors (Lipinski definition) is 1. The van der Waals surface area contributed by atoms with E-state index in [2.05, 4.69) is 26.0 Å². The molecule has 0 saturated carbocycles. The lowest BCUT2D eigenvalue weighted by Gasteiger charge is -2.20. The Balaban J connectivity index is 2.17. The summed E-state index contributed by atoms with van der Waals surface area (Å²) in [6.07, 6.45) is 0.575. The van der Waals surface area contributed by atoms with Crippen LogP contribution in [0.1, 0.15) is 42.1 Å². The summed E-state index contributed by atoms with van der Waals surface area (Å²) >= 11 is 0. The molecule has 1 atom stereocenters. The van der Waals surface area contributed by atoms with Gasteiger partial charge in [0.2, 0.25) is 0 Å². The molecule has 19 heavy (non-hydrogen) atoms. The van der Waals surface area contributed by atoms with E-state index in [9.17, 15) is 4.79 Å². The second kappa shape index (κ2) is 6.33. The minimum atomic E-state index is 0.225. The molecule has 1 nitrogen and oxygen atoms in total. The van der Waals surface area contributed by atoms with Crippen LogP contribution in [0, 0.1) is 5.92 Å². The van der Waals surface area contributed by atoms with Gasteiger partial charge in [-0.3, -0.25) is 4.79 Å². The number of benzene rings is 2. The number of ketones is 1. The molecule has 1 heteroatoms. The fraction of sp³-hybridized carbons (Fsp3) is 0.278. The van der Waals surface area contributed by atoms with Crippen molar-refractivity contribution in [3.63, 3.8) is 0 Å². The maximum atomic E-state index is 12.3. The monoisotopic (exact) mass is 252 g/mol. The van der Waals surface area contributed by atoms with Crippen molar-refractivity contribution in [2.45, 2.75) is 26.2 Å². The van der Waals surface area contributed by atoms with Gasteiger partial charge in [0.15, 0.2) is 5.78 Å². The molecule has 2 aromatic rings. The molecule has 0 aromatic heterocycles. The van der Waals surface area contributed by atoms with Crippen molar-refractivity contribution >= 4 is 5.78 Å². The van der Waals surface area contributed by atoms with Gasteiger partial charge in [-0.15, -0.1) is 0 Å². The van der Waals surface area contributed by atoms with Crippen molar-refractivity contribution in [1.29, 1.82) is 0 Å². The van der Waals surface area contributed by atoms with E-state index in [1.54, 1.807) is 0 Å². The van der Waals surface area contributed by atoms with Crippen molar-refractivity contribution in [3.8, 4) is 0 Å². The smallest absolute Gasteiger partial charge is 0.163 e. The van der Waals surface area contributed by atoms with Gasteiger partial charge in [0.05, 0.1) is 0 Å². The third-order valence-electron chi connectivity index (χ3n) is 3.53. The van der Waals surface area contributed by atoms with E-state index in [1.165, 1.54) is 5.56 Å². The zero-order valence-corrected chi connectivity index (χ0v) is 11.5. The van der Waals surface area contributed by atoms with Gasteiger partial charge in [-0.05, 0) is 17.4 Å². The molecular weight excluding hydrogens is 232 g/mol. The lowest BCUT2D eigenvalue weighted by Crippen LogP contribution is -2.12. The third-order valence-corrected chi connectivity index (χ3v) is 3.53. The standard InChI is InChI=1S/C18H20O/c1-14(2)17(15-9-5-3-6-10-15)13-18(19)16-11-7-4-8-12-16/h3-12,14,17H,13H2,1-2H3/t17-/m1/s1. The van der Waals surface area contributed by atoms with E-state index in [0.29, 0.717) is 12.3 Å². The Labute approximate surface area is 115 Å². The highest BCUT2D eigenvalue weighted by molar-refractivity contribution is 5.96. The Morgan fingerprint density at radius 1 is 0.895 bits per heavy atom. The molecule has 0 amide bonds. The fourth-order valence-corrected chi connectivity index (χ4v) is 2.38. The Hall–Kier alpha value is -1.89. The van der Waals surface area contributed by atoms with E-state index < -0.39 is 0 Å². The van der Waals surface area contributed by atoms with Crippen molar-refractivity contribution < 1.29 is 4.79 Å². The van der Waals surface area contributed by atoms with Crippen LogP contribution >= 0.6 is 0 Å².